The van der Waals surface area contributed by atoms with E-state index in [1.807, 2.05) is 0 Å². The number of fused-ring (bicyclic) bond motifs is 3. The number of hydrogen-bond donors (Lipinski definition) is 1. The maximum Gasteiger partial charge on any atom is 0.0145 e. The van der Waals surface area contributed by atoms with Gasteiger partial charge in [0, 0.05) is 24.2 Å². The lowest BCUT2D eigenvalue weighted by molar-refractivity contribution is 0.0631. The molecule has 2 saturated heterocycles. The van der Waals surface area contributed by atoms with Crippen molar-refractivity contribution in [3.63, 3.8) is 0 Å². The van der Waals surface area contributed by atoms with E-state index in [4.69, 9.17) is 0 Å². The third-order valence-electron chi connectivity index (χ3n) is 6.02. The SMILES string of the molecule is CCNC1CC2CCC(C1)N2C1CCc2ccccc2C1. The lowest BCUT2D eigenvalue weighted by Gasteiger charge is -2.45. The maximum atomic E-state index is 3.70. The number of benzene rings is 1. The fourth-order valence-electron chi connectivity index (χ4n) is 5.20. The van der Waals surface area contributed by atoms with E-state index in [0.717, 1.165) is 30.7 Å². The van der Waals surface area contributed by atoms with Gasteiger partial charge in [0.2, 0.25) is 0 Å². The standard InChI is InChI=1S/C19H28N2/c1-2-20-16-12-18-9-10-19(13-16)21(18)17-8-7-14-5-3-4-6-15(14)11-17/h3-6,16-20H,2,7-13H2,1H3. The molecule has 2 heteroatoms. The molecule has 4 rings (SSSR count). The molecule has 3 aliphatic rings. The third-order valence-corrected chi connectivity index (χ3v) is 6.02. The monoisotopic (exact) mass is 284 g/mol. The molecule has 1 N–H and O–H groups in total. The molecule has 0 spiro atoms. The van der Waals surface area contributed by atoms with Gasteiger partial charge in [-0.1, -0.05) is 31.2 Å². The van der Waals surface area contributed by atoms with Gasteiger partial charge in [-0.25, -0.2) is 0 Å². The lowest BCUT2D eigenvalue weighted by Crippen LogP contribution is -2.54. The average molecular weight is 284 g/mol. The summed E-state index contributed by atoms with van der Waals surface area (Å²) in [5, 5.41) is 3.70. The highest BCUT2D eigenvalue weighted by Gasteiger charge is 2.43. The second-order valence-electron chi connectivity index (χ2n) is 7.22. The second-order valence-corrected chi connectivity index (χ2v) is 7.22. The van der Waals surface area contributed by atoms with E-state index in [1.165, 1.54) is 44.9 Å². The van der Waals surface area contributed by atoms with Crippen molar-refractivity contribution in [2.75, 3.05) is 6.54 Å². The molecule has 2 fully saturated rings. The van der Waals surface area contributed by atoms with Crippen molar-refractivity contribution in [3.8, 4) is 0 Å². The molecule has 2 heterocycles. The Bertz CT molecular complexity index is 484. The van der Waals surface area contributed by atoms with Gasteiger partial charge in [-0.15, -0.1) is 0 Å². The number of rotatable bonds is 3. The Hall–Kier alpha value is -0.860. The number of hydrogen-bond acceptors (Lipinski definition) is 2. The van der Waals surface area contributed by atoms with Crippen LogP contribution >= 0.6 is 0 Å². The van der Waals surface area contributed by atoms with Crippen molar-refractivity contribution >= 4 is 0 Å². The topological polar surface area (TPSA) is 15.3 Å². The van der Waals surface area contributed by atoms with Crippen molar-refractivity contribution in [1.82, 2.24) is 10.2 Å². The Morgan fingerprint density at radius 3 is 2.43 bits per heavy atom. The van der Waals surface area contributed by atoms with E-state index in [-0.39, 0.29) is 0 Å². The third kappa shape index (κ3) is 2.53. The first-order valence-electron chi connectivity index (χ1n) is 8.92. The number of nitrogens with zero attached hydrogens (tertiary/aromatic N) is 1. The van der Waals surface area contributed by atoms with Crippen LogP contribution in [0.25, 0.3) is 0 Å². The van der Waals surface area contributed by atoms with Crippen molar-refractivity contribution in [3.05, 3.63) is 35.4 Å². The van der Waals surface area contributed by atoms with Gasteiger partial charge in [0.1, 0.15) is 0 Å². The van der Waals surface area contributed by atoms with Crippen LogP contribution in [0.2, 0.25) is 0 Å². The van der Waals surface area contributed by atoms with E-state index in [9.17, 15) is 0 Å². The predicted octanol–water partition coefficient (Wildman–Crippen LogP) is 3.15. The van der Waals surface area contributed by atoms with E-state index in [0.29, 0.717) is 0 Å². The Kier molecular flexibility index (Phi) is 3.76. The normalized spacial score (nSPS) is 35.7. The molecule has 2 aliphatic heterocycles. The van der Waals surface area contributed by atoms with E-state index < -0.39 is 0 Å². The molecule has 0 saturated carbocycles. The molecular weight excluding hydrogens is 256 g/mol. The summed E-state index contributed by atoms with van der Waals surface area (Å²) >= 11 is 0. The van der Waals surface area contributed by atoms with Crippen molar-refractivity contribution in [1.29, 1.82) is 0 Å². The highest BCUT2D eigenvalue weighted by molar-refractivity contribution is 5.30. The Labute approximate surface area is 128 Å². The first kappa shape index (κ1) is 13.8. The van der Waals surface area contributed by atoms with Crippen LogP contribution in [-0.2, 0) is 12.8 Å². The molecule has 3 unspecified atom stereocenters. The fourth-order valence-corrected chi connectivity index (χ4v) is 5.20. The van der Waals surface area contributed by atoms with Crippen LogP contribution in [0.5, 0.6) is 0 Å². The van der Waals surface area contributed by atoms with E-state index in [1.54, 1.807) is 11.1 Å². The molecule has 114 valence electrons. The molecule has 2 bridgehead atoms. The van der Waals surface area contributed by atoms with Gasteiger partial charge >= 0.3 is 0 Å². The van der Waals surface area contributed by atoms with Crippen LogP contribution in [-0.4, -0.2) is 35.6 Å². The second kappa shape index (κ2) is 5.73. The van der Waals surface area contributed by atoms with Gasteiger partial charge in [0.05, 0.1) is 0 Å². The van der Waals surface area contributed by atoms with Gasteiger partial charge in [0.25, 0.3) is 0 Å². The zero-order chi connectivity index (χ0) is 14.2. The molecular formula is C19H28N2. The lowest BCUT2D eigenvalue weighted by atomic mass is 9.85. The molecule has 0 radical (unpaired) electrons. The zero-order valence-electron chi connectivity index (χ0n) is 13.2. The van der Waals surface area contributed by atoms with Crippen molar-refractivity contribution < 1.29 is 0 Å². The molecule has 2 nitrogen and oxygen atoms in total. The summed E-state index contributed by atoms with van der Waals surface area (Å²) in [5.74, 6) is 0. The molecule has 1 aromatic carbocycles. The van der Waals surface area contributed by atoms with Gasteiger partial charge in [0.15, 0.2) is 0 Å². The minimum absolute atomic E-state index is 0.777. The number of nitrogens with one attached hydrogen (secondary N) is 1. The van der Waals surface area contributed by atoms with Crippen LogP contribution in [0.15, 0.2) is 24.3 Å². The number of piperidine rings is 1. The van der Waals surface area contributed by atoms with Gasteiger partial charge in [-0.3, -0.25) is 4.90 Å². The summed E-state index contributed by atoms with van der Waals surface area (Å²) in [6.07, 6.45) is 9.57. The molecule has 1 aromatic rings. The molecule has 21 heavy (non-hydrogen) atoms. The van der Waals surface area contributed by atoms with Gasteiger partial charge in [-0.2, -0.15) is 0 Å². The Morgan fingerprint density at radius 2 is 1.71 bits per heavy atom. The van der Waals surface area contributed by atoms with Crippen LogP contribution in [0.1, 0.15) is 50.2 Å². The maximum absolute atomic E-state index is 3.70. The highest BCUT2D eigenvalue weighted by Crippen LogP contribution is 2.40. The summed E-state index contributed by atoms with van der Waals surface area (Å²) < 4.78 is 0. The summed E-state index contributed by atoms with van der Waals surface area (Å²) in [4.78, 5) is 2.93. The van der Waals surface area contributed by atoms with Crippen molar-refractivity contribution in [2.24, 2.45) is 0 Å². The van der Waals surface area contributed by atoms with Crippen LogP contribution < -0.4 is 5.32 Å². The minimum Gasteiger partial charge on any atom is -0.314 e. The quantitative estimate of drug-likeness (QED) is 0.917. The smallest absolute Gasteiger partial charge is 0.0145 e. The molecule has 0 amide bonds. The first-order chi connectivity index (χ1) is 10.3. The summed E-state index contributed by atoms with van der Waals surface area (Å²) in [6, 6.07) is 12.4. The Balaban J connectivity index is 1.49. The number of aryl methyl sites for hydroxylation is 1. The predicted molar refractivity (Wildman–Crippen MR) is 87.6 cm³/mol. The minimum atomic E-state index is 0.777. The molecule has 0 aromatic heterocycles. The van der Waals surface area contributed by atoms with Crippen LogP contribution in [0.3, 0.4) is 0 Å². The van der Waals surface area contributed by atoms with E-state index in [2.05, 4.69) is 41.4 Å². The zero-order valence-corrected chi connectivity index (χ0v) is 13.2. The van der Waals surface area contributed by atoms with Crippen LogP contribution in [0.4, 0.5) is 0 Å². The molecule has 3 atom stereocenters. The first-order valence-corrected chi connectivity index (χ1v) is 8.92. The fraction of sp³-hybridized carbons (Fsp3) is 0.684. The summed E-state index contributed by atoms with van der Waals surface area (Å²) in [6.45, 7) is 3.37. The van der Waals surface area contributed by atoms with Gasteiger partial charge < -0.3 is 5.32 Å². The highest BCUT2D eigenvalue weighted by atomic mass is 15.3. The van der Waals surface area contributed by atoms with Crippen LogP contribution in [0, 0.1) is 0 Å². The molecule has 1 aliphatic carbocycles. The Morgan fingerprint density at radius 1 is 1.00 bits per heavy atom. The van der Waals surface area contributed by atoms with E-state index >= 15 is 0 Å². The largest absolute Gasteiger partial charge is 0.314 e. The summed E-state index contributed by atoms with van der Waals surface area (Å²) in [7, 11) is 0. The summed E-state index contributed by atoms with van der Waals surface area (Å²) in [5.41, 5.74) is 3.21. The van der Waals surface area contributed by atoms with Crippen molar-refractivity contribution in [2.45, 2.75) is 76.0 Å². The average Bonchev–Trinajstić information content (AvgIpc) is 2.78. The van der Waals surface area contributed by atoms with Gasteiger partial charge in [-0.05, 0) is 62.6 Å².